The molecule has 0 radical (unpaired) electrons. The predicted octanol–water partition coefficient (Wildman–Crippen LogP) is 3.83. The average Bonchev–Trinajstić information content (AvgIpc) is 2.53. The van der Waals surface area contributed by atoms with Crippen molar-refractivity contribution in [2.45, 2.75) is 40.0 Å². The predicted molar refractivity (Wildman–Crippen MR) is 103 cm³/mol. The molecule has 1 fully saturated rings. The van der Waals surface area contributed by atoms with Gasteiger partial charge in [0, 0.05) is 40.4 Å². The molecule has 0 bridgehead atoms. The number of hydrogen-bond donors (Lipinski definition) is 2. The molecule has 1 saturated heterocycles. The van der Waals surface area contributed by atoms with E-state index in [-0.39, 0.29) is 0 Å². The van der Waals surface area contributed by atoms with Crippen molar-refractivity contribution >= 4 is 17.3 Å². The quantitative estimate of drug-likeness (QED) is 0.793. The Morgan fingerprint density at radius 2 is 1.88 bits per heavy atom. The molecule has 2 rings (SSSR count). The summed E-state index contributed by atoms with van der Waals surface area (Å²) in [5.41, 5.74) is 1.44. The highest BCUT2D eigenvalue weighted by Crippen LogP contribution is 2.26. The number of hydrogen-bond acceptors (Lipinski definition) is 5. The molecule has 1 aliphatic heterocycles. The maximum absolute atomic E-state index is 5.42. The highest BCUT2D eigenvalue weighted by molar-refractivity contribution is 5.68. The van der Waals surface area contributed by atoms with Crippen LogP contribution in [0.25, 0.3) is 0 Å². The van der Waals surface area contributed by atoms with Crippen LogP contribution in [0.15, 0.2) is 12.1 Å². The van der Waals surface area contributed by atoms with E-state index in [0.717, 1.165) is 62.9 Å². The molecule has 0 unspecified atom stereocenters. The summed E-state index contributed by atoms with van der Waals surface area (Å²) in [7, 11) is 4.08. The van der Waals surface area contributed by atoms with Crippen molar-refractivity contribution in [1.82, 2.24) is 4.98 Å². The Bertz CT molecular complexity index is 505. The molecule has 1 aromatic rings. The maximum atomic E-state index is 5.42. The van der Waals surface area contributed by atoms with Gasteiger partial charge in [0.2, 0.25) is 0 Å². The summed E-state index contributed by atoms with van der Waals surface area (Å²) in [6, 6.07) is 4.21. The monoisotopic (exact) mass is 334 g/mol. The molecule has 0 aromatic carbocycles. The first-order valence-corrected chi connectivity index (χ1v) is 9.09. The van der Waals surface area contributed by atoms with Crippen molar-refractivity contribution in [2.24, 2.45) is 11.3 Å². The number of anilines is 3. The Balaban J connectivity index is 1.94. The van der Waals surface area contributed by atoms with Crippen LogP contribution in [0.1, 0.15) is 40.0 Å². The lowest BCUT2D eigenvalue weighted by Crippen LogP contribution is -2.23. The van der Waals surface area contributed by atoms with Gasteiger partial charge in [-0.15, -0.1) is 0 Å². The van der Waals surface area contributed by atoms with Gasteiger partial charge < -0.3 is 20.3 Å². The van der Waals surface area contributed by atoms with E-state index in [9.17, 15) is 0 Å². The number of pyridine rings is 1. The molecule has 2 N–H and O–H groups in total. The molecule has 2 heterocycles. The Morgan fingerprint density at radius 3 is 2.50 bits per heavy atom. The van der Waals surface area contributed by atoms with Crippen molar-refractivity contribution in [2.75, 3.05) is 55.9 Å². The Labute approximate surface area is 147 Å². The SMILES string of the molecule is CN(C)c1nc(NCC2CCOCC2)ccc1NCCC(C)(C)C. The van der Waals surface area contributed by atoms with E-state index < -0.39 is 0 Å². The van der Waals surface area contributed by atoms with Gasteiger partial charge in [-0.1, -0.05) is 20.8 Å². The number of nitrogens with zero attached hydrogens (tertiary/aromatic N) is 2. The van der Waals surface area contributed by atoms with Gasteiger partial charge >= 0.3 is 0 Å². The van der Waals surface area contributed by atoms with E-state index in [0.29, 0.717) is 11.3 Å². The molecule has 5 heteroatoms. The second kappa shape index (κ2) is 8.56. The largest absolute Gasteiger partial charge is 0.382 e. The molecule has 0 saturated carbocycles. The summed E-state index contributed by atoms with van der Waals surface area (Å²) >= 11 is 0. The molecule has 0 atom stereocenters. The summed E-state index contributed by atoms with van der Waals surface area (Å²) < 4.78 is 5.42. The summed E-state index contributed by atoms with van der Waals surface area (Å²) in [4.78, 5) is 6.86. The number of rotatable bonds is 7. The van der Waals surface area contributed by atoms with Crippen molar-refractivity contribution in [3.8, 4) is 0 Å². The van der Waals surface area contributed by atoms with Crippen LogP contribution in [0, 0.1) is 11.3 Å². The van der Waals surface area contributed by atoms with Crippen molar-refractivity contribution in [1.29, 1.82) is 0 Å². The molecule has 0 aliphatic carbocycles. The van der Waals surface area contributed by atoms with Crippen LogP contribution < -0.4 is 15.5 Å². The van der Waals surface area contributed by atoms with Gasteiger partial charge in [-0.05, 0) is 42.7 Å². The molecule has 136 valence electrons. The molecule has 0 amide bonds. The van der Waals surface area contributed by atoms with Gasteiger partial charge in [-0.25, -0.2) is 4.98 Å². The first kappa shape index (κ1) is 18.8. The second-order valence-corrected chi connectivity index (χ2v) is 8.14. The third kappa shape index (κ3) is 6.19. The van der Waals surface area contributed by atoms with Gasteiger partial charge in [0.05, 0.1) is 5.69 Å². The summed E-state index contributed by atoms with van der Waals surface area (Å²) in [6.07, 6.45) is 3.41. The molecule has 1 aromatic heterocycles. The first-order chi connectivity index (χ1) is 11.3. The topological polar surface area (TPSA) is 49.4 Å². The molecule has 0 spiro atoms. The molecule has 24 heavy (non-hydrogen) atoms. The minimum atomic E-state index is 0.337. The smallest absolute Gasteiger partial charge is 0.153 e. The summed E-state index contributed by atoms with van der Waals surface area (Å²) in [5, 5.41) is 7.03. The third-order valence-corrected chi connectivity index (χ3v) is 4.40. The Kier molecular flexibility index (Phi) is 6.72. The average molecular weight is 335 g/mol. The van der Waals surface area contributed by atoms with E-state index in [1.54, 1.807) is 0 Å². The van der Waals surface area contributed by atoms with Crippen LogP contribution in [0.5, 0.6) is 0 Å². The highest BCUT2D eigenvalue weighted by Gasteiger charge is 2.15. The van der Waals surface area contributed by atoms with Gasteiger partial charge in [0.25, 0.3) is 0 Å². The van der Waals surface area contributed by atoms with Crippen LogP contribution in [0.3, 0.4) is 0 Å². The van der Waals surface area contributed by atoms with Gasteiger partial charge in [-0.2, -0.15) is 0 Å². The lowest BCUT2D eigenvalue weighted by atomic mass is 9.92. The number of nitrogens with one attached hydrogen (secondary N) is 2. The van der Waals surface area contributed by atoms with Crippen LogP contribution >= 0.6 is 0 Å². The zero-order valence-corrected chi connectivity index (χ0v) is 16.0. The minimum Gasteiger partial charge on any atom is -0.382 e. The van der Waals surface area contributed by atoms with E-state index in [1.807, 2.05) is 14.1 Å². The Hall–Kier alpha value is -1.49. The van der Waals surface area contributed by atoms with Crippen LogP contribution in [0.2, 0.25) is 0 Å². The fraction of sp³-hybridized carbons (Fsp3) is 0.737. The normalized spacial score (nSPS) is 16.0. The standard InChI is InChI=1S/C19H34N4O/c1-19(2,3)10-11-20-16-6-7-17(22-18(16)23(4)5)21-14-15-8-12-24-13-9-15/h6-7,15,20H,8-14H2,1-5H3,(H,21,22). The van der Waals surface area contributed by atoms with E-state index in [4.69, 9.17) is 9.72 Å². The van der Waals surface area contributed by atoms with Crippen molar-refractivity contribution in [3.05, 3.63) is 12.1 Å². The summed E-state index contributed by atoms with van der Waals surface area (Å²) in [5.74, 6) is 2.63. The van der Waals surface area contributed by atoms with Crippen LogP contribution in [-0.4, -0.2) is 45.4 Å². The van der Waals surface area contributed by atoms with Crippen LogP contribution in [-0.2, 0) is 4.74 Å². The number of ether oxygens (including phenoxy) is 1. The zero-order chi connectivity index (χ0) is 17.6. The fourth-order valence-electron chi connectivity index (χ4n) is 2.80. The number of aromatic nitrogens is 1. The maximum Gasteiger partial charge on any atom is 0.153 e. The van der Waals surface area contributed by atoms with E-state index in [2.05, 4.69) is 48.4 Å². The van der Waals surface area contributed by atoms with Gasteiger partial charge in [-0.3, -0.25) is 0 Å². The summed E-state index contributed by atoms with van der Waals surface area (Å²) in [6.45, 7) is 10.5. The van der Waals surface area contributed by atoms with Gasteiger partial charge in [0.15, 0.2) is 5.82 Å². The molecule has 1 aliphatic rings. The lowest BCUT2D eigenvalue weighted by Gasteiger charge is -2.24. The first-order valence-electron chi connectivity index (χ1n) is 9.09. The van der Waals surface area contributed by atoms with Crippen LogP contribution in [0.4, 0.5) is 17.3 Å². The van der Waals surface area contributed by atoms with Crippen molar-refractivity contribution in [3.63, 3.8) is 0 Å². The molecular weight excluding hydrogens is 300 g/mol. The molecular formula is C19H34N4O. The van der Waals surface area contributed by atoms with Gasteiger partial charge in [0.1, 0.15) is 5.82 Å². The highest BCUT2D eigenvalue weighted by atomic mass is 16.5. The minimum absolute atomic E-state index is 0.337. The van der Waals surface area contributed by atoms with Crippen molar-refractivity contribution < 1.29 is 4.74 Å². The lowest BCUT2D eigenvalue weighted by molar-refractivity contribution is 0.0699. The fourth-order valence-corrected chi connectivity index (χ4v) is 2.80. The molecule has 5 nitrogen and oxygen atoms in total. The Morgan fingerprint density at radius 1 is 1.17 bits per heavy atom. The van der Waals surface area contributed by atoms with E-state index in [1.165, 1.54) is 0 Å². The third-order valence-electron chi connectivity index (χ3n) is 4.40. The zero-order valence-electron chi connectivity index (χ0n) is 16.0. The van der Waals surface area contributed by atoms with E-state index >= 15 is 0 Å². The second-order valence-electron chi connectivity index (χ2n) is 8.14.